The molecule has 18 heavy (non-hydrogen) atoms. The van der Waals surface area contributed by atoms with Gasteiger partial charge in [-0.15, -0.1) is 0 Å². The molecule has 1 saturated heterocycles. The van der Waals surface area contributed by atoms with Gasteiger partial charge in [0.1, 0.15) is 0 Å². The molecule has 1 aromatic heterocycles. The van der Waals surface area contributed by atoms with E-state index in [-0.39, 0.29) is 5.54 Å². The van der Waals surface area contributed by atoms with Crippen molar-refractivity contribution in [1.82, 2.24) is 15.0 Å². The summed E-state index contributed by atoms with van der Waals surface area (Å²) in [6.45, 7) is 4.46. The van der Waals surface area contributed by atoms with Crippen LogP contribution in [0.2, 0.25) is 0 Å². The molecule has 1 unspecified atom stereocenters. The van der Waals surface area contributed by atoms with Crippen LogP contribution in [0.5, 0.6) is 0 Å². The molecule has 1 aliphatic carbocycles. The predicted molar refractivity (Wildman–Crippen MR) is 67.9 cm³/mol. The molecule has 2 fully saturated rings. The maximum absolute atomic E-state index is 6.23. The highest BCUT2D eigenvalue weighted by atomic mass is 16.5. The van der Waals surface area contributed by atoms with Crippen LogP contribution in [0.1, 0.15) is 63.2 Å². The minimum absolute atomic E-state index is 0.310. The molecule has 0 spiro atoms. The Hall–Kier alpha value is -0.940. The Balaban J connectivity index is 1.76. The van der Waals surface area contributed by atoms with Crippen LogP contribution >= 0.6 is 0 Å². The van der Waals surface area contributed by atoms with E-state index in [0.717, 1.165) is 38.2 Å². The maximum Gasteiger partial charge on any atom is 0.244 e. The Morgan fingerprint density at radius 2 is 2.28 bits per heavy atom. The number of rotatable bonds is 4. The van der Waals surface area contributed by atoms with Crippen molar-refractivity contribution in [2.45, 2.75) is 57.0 Å². The Labute approximate surface area is 108 Å². The van der Waals surface area contributed by atoms with Crippen LogP contribution in [0.25, 0.3) is 0 Å². The highest BCUT2D eigenvalue weighted by molar-refractivity contribution is 5.10. The van der Waals surface area contributed by atoms with Crippen LogP contribution in [0.15, 0.2) is 4.52 Å². The topological polar surface area (TPSA) is 68.2 Å². The van der Waals surface area contributed by atoms with E-state index in [0.29, 0.717) is 11.9 Å². The van der Waals surface area contributed by atoms with Gasteiger partial charge in [0.05, 0.1) is 11.6 Å². The van der Waals surface area contributed by atoms with Gasteiger partial charge in [-0.3, -0.25) is 4.90 Å². The summed E-state index contributed by atoms with van der Waals surface area (Å²) in [5.74, 6) is 1.49. The van der Waals surface area contributed by atoms with Crippen LogP contribution in [0.4, 0.5) is 0 Å². The molecule has 1 saturated carbocycles. The van der Waals surface area contributed by atoms with E-state index < -0.39 is 0 Å². The Morgan fingerprint density at radius 3 is 2.94 bits per heavy atom. The lowest BCUT2D eigenvalue weighted by Crippen LogP contribution is -2.44. The highest BCUT2D eigenvalue weighted by Gasteiger charge is 2.40. The van der Waals surface area contributed by atoms with Crippen LogP contribution in [-0.4, -0.2) is 28.1 Å². The first-order chi connectivity index (χ1) is 8.73. The third-order valence-electron chi connectivity index (χ3n) is 4.29. The van der Waals surface area contributed by atoms with Gasteiger partial charge >= 0.3 is 0 Å². The Kier molecular flexibility index (Phi) is 3.11. The zero-order chi connectivity index (χ0) is 12.6. The maximum atomic E-state index is 6.23. The van der Waals surface area contributed by atoms with E-state index in [9.17, 15) is 0 Å². The molecule has 1 aliphatic heterocycles. The van der Waals surface area contributed by atoms with Crippen molar-refractivity contribution in [2.24, 2.45) is 5.73 Å². The van der Waals surface area contributed by atoms with Gasteiger partial charge in [-0.2, -0.15) is 4.98 Å². The molecule has 5 heteroatoms. The van der Waals surface area contributed by atoms with Gasteiger partial charge in [0.15, 0.2) is 5.82 Å². The molecule has 0 radical (unpaired) electrons. The molecule has 2 heterocycles. The predicted octanol–water partition coefficient (Wildman–Crippen LogP) is 1.95. The smallest absolute Gasteiger partial charge is 0.244 e. The number of likely N-dealkylation sites (tertiary alicyclic amines) is 1. The minimum Gasteiger partial charge on any atom is -0.338 e. The summed E-state index contributed by atoms with van der Waals surface area (Å²) in [6.07, 6.45) is 6.64. The Bertz CT molecular complexity index is 413. The molecule has 100 valence electrons. The van der Waals surface area contributed by atoms with Crippen molar-refractivity contribution >= 4 is 0 Å². The summed E-state index contributed by atoms with van der Waals surface area (Å²) in [7, 11) is 0. The fourth-order valence-corrected chi connectivity index (χ4v) is 3.01. The summed E-state index contributed by atoms with van der Waals surface area (Å²) < 4.78 is 5.46. The normalized spacial score (nSPS) is 27.3. The molecule has 2 N–H and O–H groups in total. The van der Waals surface area contributed by atoms with Gasteiger partial charge < -0.3 is 10.3 Å². The number of hydrogen-bond acceptors (Lipinski definition) is 5. The largest absolute Gasteiger partial charge is 0.338 e. The number of aromatic nitrogens is 2. The molecule has 5 nitrogen and oxygen atoms in total. The molecule has 3 rings (SSSR count). The van der Waals surface area contributed by atoms with Crippen LogP contribution in [-0.2, 0) is 5.54 Å². The average molecular weight is 250 g/mol. The lowest BCUT2D eigenvalue weighted by molar-refractivity contribution is 0.204. The van der Waals surface area contributed by atoms with Crippen LogP contribution in [0.3, 0.4) is 0 Å². The van der Waals surface area contributed by atoms with Crippen LogP contribution in [0, 0.1) is 0 Å². The molecule has 0 bridgehead atoms. The number of nitrogens with zero attached hydrogens (tertiary/aromatic N) is 3. The van der Waals surface area contributed by atoms with Crippen molar-refractivity contribution < 1.29 is 4.52 Å². The zero-order valence-electron chi connectivity index (χ0n) is 11.1. The lowest BCUT2D eigenvalue weighted by Gasteiger charge is -2.34. The third-order valence-corrected chi connectivity index (χ3v) is 4.29. The standard InChI is InChI=1S/C13H22N4O/c1-2-8-17-9-3-5-10(17)11-15-12(16-18-11)13(14)6-4-7-13/h10H,2-9,14H2,1H3. The number of hydrogen-bond donors (Lipinski definition) is 1. The highest BCUT2D eigenvalue weighted by Crippen LogP contribution is 2.38. The molecule has 2 aliphatic rings. The van der Waals surface area contributed by atoms with E-state index in [1.165, 1.54) is 19.3 Å². The van der Waals surface area contributed by atoms with Gasteiger partial charge in [0.25, 0.3) is 0 Å². The lowest BCUT2D eigenvalue weighted by atomic mass is 9.77. The van der Waals surface area contributed by atoms with Crippen molar-refractivity contribution in [3.05, 3.63) is 11.7 Å². The zero-order valence-corrected chi connectivity index (χ0v) is 11.1. The first-order valence-corrected chi connectivity index (χ1v) is 7.10. The van der Waals surface area contributed by atoms with Gasteiger partial charge in [-0.05, 0) is 51.6 Å². The van der Waals surface area contributed by atoms with Crippen molar-refractivity contribution in [3.63, 3.8) is 0 Å². The van der Waals surface area contributed by atoms with E-state index >= 15 is 0 Å². The molecular weight excluding hydrogens is 228 g/mol. The summed E-state index contributed by atoms with van der Waals surface area (Å²) in [6, 6.07) is 0.315. The summed E-state index contributed by atoms with van der Waals surface area (Å²) >= 11 is 0. The fraction of sp³-hybridized carbons (Fsp3) is 0.846. The third kappa shape index (κ3) is 1.95. The van der Waals surface area contributed by atoms with E-state index in [1.807, 2.05) is 0 Å². The Morgan fingerprint density at radius 1 is 1.44 bits per heavy atom. The minimum atomic E-state index is -0.310. The van der Waals surface area contributed by atoms with E-state index in [1.54, 1.807) is 0 Å². The van der Waals surface area contributed by atoms with Crippen molar-refractivity contribution in [1.29, 1.82) is 0 Å². The molecular formula is C13H22N4O. The van der Waals surface area contributed by atoms with Crippen molar-refractivity contribution in [3.8, 4) is 0 Å². The first-order valence-electron chi connectivity index (χ1n) is 7.10. The van der Waals surface area contributed by atoms with Gasteiger partial charge in [-0.1, -0.05) is 12.1 Å². The SMILES string of the molecule is CCCN1CCCC1c1nc(C2(N)CCC2)no1. The second-order valence-corrected chi connectivity index (χ2v) is 5.66. The fourth-order valence-electron chi connectivity index (χ4n) is 3.01. The molecule has 0 amide bonds. The monoisotopic (exact) mass is 250 g/mol. The van der Waals surface area contributed by atoms with Crippen molar-refractivity contribution in [2.75, 3.05) is 13.1 Å². The van der Waals surface area contributed by atoms with Crippen LogP contribution < -0.4 is 5.73 Å². The average Bonchev–Trinajstić information content (AvgIpc) is 2.94. The number of nitrogens with two attached hydrogens (primary N) is 1. The second kappa shape index (κ2) is 4.63. The summed E-state index contributed by atoms with van der Waals surface area (Å²) in [5.41, 5.74) is 5.92. The molecule has 1 aromatic rings. The second-order valence-electron chi connectivity index (χ2n) is 5.66. The van der Waals surface area contributed by atoms with Gasteiger partial charge in [0, 0.05) is 0 Å². The molecule has 1 atom stereocenters. The quantitative estimate of drug-likeness (QED) is 0.884. The molecule has 0 aromatic carbocycles. The first kappa shape index (κ1) is 12.1. The van der Waals surface area contributed by atoms with E-state index in [4.69, 9.17) is 10.3 Å². The van der Waals surface area contributed by atoms with Gasteiger partial charge in [0.2, 0.25) is 5.89 Å². The summed E-state index contributed by atoms with van der Waals surface area (Å²) in [5, 5.41) is 4.11. The van der Waals surface area contributed by atoms with E-state index in [2.05, 4.69) is 22.0 Å². The van der Waals surface area contributed by atoms with Gasteiger partial charge in [-0.25, -0.2) is 0 Å². The summed E-state index contributed by atoms with van der Waals surface area (Å²) in [4.78, 5) is 7.02.